The summed E-state index contributed by atoms with van der Waals surface area (Å²) in [4.78, 5) is 2.55. The average molecular weight is 277 g/mol. The summed E-state index contributed by atoms with van der Waals surface area (Å²) in [5.74, 6) is 0. The maximum absolute atomic E-state index is 4.12. The van der Waals surface area contributed by atoms with Gasteiger partial charge in [-0.2, -0.15) is 0 Å². The number of halogens is 1. The van der Waals surface area contributed by atoms with Crippen molar-refractivity contribution in [2.24, 2.45) is 0 Å². The van der Waals surface area contributed by atoms with Crippen LogP contribution in [0.4, 0.5) is 0 Å². The molecule has 68 valence electrons. The Bertz CT molecular complexity index is 222. The SMILES string of the molecule is C=C1CC[C@@H](C)N1CI1C=CC1. The summed E-state index contributed by atoms with van der Waals surface area (Å²) < 4.78 is 5.27. The number of nitrogens with zero attached hydrogens (tertiary/aromatic N) is 1. The van der Waals surface area contributed by atoms with E-state index < -0.39 is 19.8 Å². The van der Waals surface area contributed by atoms with Crippen molar-refractivity contribution in [1.82, 2.24) is 4.90 Å². The molecule has 1 nitrogen and oxygen atoms in total. The normalized spacial score (nSPS) is 31.1. The number of allylic oxidation sites excluding steroid dienone is 2. The summed E-state index contributed by atoms with van der Waals surface area (Å²) >= 11 is -0.607. The number of likely N-dealkylation sites (tertiary alicyclic amines) is 1. The summed E-state index contributed by atoms with van der Waals surface area (Å²) in [7, 11) is 0. The predicted octanol–water partition coefficient (Wildman–Crippen LogP) is 2.98. The van der Waals surface area contributed by atoms with Gasteiger partial charge < -0.3 is 0 Å². The maximum atomic E-state index is 4.12. The van der Waals surface area contributed by atoms with E-state index >= 15 is 0 Å². The molecule has 12 heavy (non-hydrogen) atoms. The van der Waals surface area contributed by atoms with E-state index in [2.05, 4.69) is 28.6 Å². The Kier molecular flexibility index (Phi) is 2.44. The molecule has 2 rings (SSSR count). The Hall–Kier alpha value is 0.01000. The van der Waals surface area contributed by atoms with Gasteiger partial charge in [0.05, 0.1) is 0 Å². The molecule has 0 aromatic heterocycles. The molecule has 0 N–H and O–H groups in total. The molecular weight excluding hydrogens is 261 g/mol. The van der Waals surface area contributed by atoms with Crippen LogP contribution in [0.2, 0.25) is 0 Å². The van der Waals surface area contributed by atoms with Crippen molar-refractivity contribution in [2.75, 3.05) is 8.98 Å². The van der Waals surface area contributed by atoms with E-state index in [1.165, 1.54) is 27.5 Å². The summed E-state index contributed by atoms with van der Waals surface area (Å²) in [6, 6.07) is 0.767. The van der Waals surface area contributed by atoms with Gasteiger partial charge in [0.15, 0.2) is 0 Å². The van der Waals surface area contributed by atoms with Crippen molar-refractivity contribution < 1.29 is 0 Å². The molecule has 2 heteroatoms. The zero-order valence-corrected chi connectivity index (χ0v) is 9.75. The van der Waals surface area contributed by atoms with Gasteiger partial charge >= 0.3 is 81.9 Å². The third-order valence-corrected chi connectivity index (χ3v) is 7.40. The van der Waals surface area contributed by atoms with E-state index in [4.69, 9.17) is 0 Å². The molecule has 0 amide bonds. The van der Waals surface area contributed by atoms with Gasteiger partial charge in [0.2, 0.25) is 0 Å². The van der Waals surface area contributed by atoms with Gasteiger partial charge in [0, 0.05) is 0 Å². The van der Waals surface area contributed by atoms with Crippen LogP contribution < -0.4 is 0 Å². The Balaban J connectivity index is 1.92. The third-order valence-electron chi connectivity index (χ3n) is 2.63. The van der Waals surface area contributed by atoms with Crippen molar-refractivity contribution in [2.45, 2.75) is 25.8 Å². The Morgan fingerprint density at radius 3 is 2.92 bits per heavy atom. The van der Waals surface area contributed by atoms with E-state index in [0.717, 1.165) is 6.04 Å². The summed E-state index contributed by atoms with van der Waals surface area (Å²) in [5, 5.41) is 0. The molecule has 1 fully saturated rings. The van der Waals surface area contributed by atoms with Gasteiger partial charge in [-0.3, -0.25) is 0 Å². The molecule has 1 atom stereocenters. The molecule has 0 aromatic carbocycles. The fourth-order valence-electron chi connectivity index (χ4n) is 1.66. The number of hydrogen-bond acceptors (Lipinski definition) is 1. The molecule has 0 saturated carbocycles. The van der Waals surface area contributed by atoms with Gasteiger partial charge in [0.25, 0.3) is 0 Å². The Labute approximate surface area is 81.9 Å². The van der Waals surface area contributed by atoms with E-state index in [1.807, 2.05) is 0 Å². The van der Waals surface area contributed by atoms with E-state index in [-0.39, 0.29) is 0 Å². The van der Waals surface area contributed by atoms with Crippen LogP contribution in [0.1, 0.15) is 19.8 Å². The number of rotatable bonds is 2. The molecule has 0 aliphatic carbocycles. The van der Waals surface area contributed by atoms with Crippen LogP contribution in [0.15, 0.2) is 22.4 Å². The van der Waals surface area contributed by atoms with E-state index in [0.29, 0.717) is 0 Å². The van der Waals surface area contributed by atoms with E-state index in [1.54, 1.807) is 0 Å². The first-order valence-corrected chi connectivity index (χ1v) is 8.78. The molecule has 0 aromatic rings. The topological polar surface area (TPSA) is 3.24 Å². The van der Waals surface area contributed by atoms with Crippen LogP contribution in [-0.4, -0.2) is 19.9 Å². The number of alkyl halides is 2. The molecule has 0 unspecified atom stereocenters. The number of hydrogen-bond donors (Lipinski definition) is 0. The predicted molar refractivity (Wildman–Crippen MR) is 62.6 cm³/mol. The first kappa shape index (κ1) is 8.60. The fraction of sp³-hybridized carbons (Fsp3) is 0.600. The summed E-state index contributed by atoms with van der Waals surface area (Å²) in [6.45, 7) is 6.46. The van der Waals surface area contributed by atoms with Gasteiger partial charge in [-0.05, 0) is 0 Å². The quantitative estimate of drug-likeness (QED) is 0.426. The second kappa shape index (κ2) is 3.40. The average Bonchev–Trinajstić information content (AvgIpc) is 2.25. The van der Waals surface area contributed by atoms with Crippen LogP contribution in [0.5, 0.6) is 0 Å². The summed E-state index contributed by atoms with van der Waals surface area (Å²) in [6.07, 6.45) is 4.88. The zero-order valence-electron chi connectivity index (χ0n) is 7.59. The second-order valence-electron chi connectivity index (χ2n) is 3.56. The Morgan fingerprint density at radius 2 is 2.50 bits per heavy atom. The molecule has 0 spiro atoms. The van der Waals surface area contributed by atoms with Crippen molar-refractivity contribution in [1.29, 1.82) is 0 Å². The molecule has 0 bridgehead atoms. The summed E-state index contributed by atoms with van der Waals surface area (Å²) in [5.41, 5.74) is 1.39. The van der Waals surface area contributed by atoms with Gasteiger partial charge in [-0.1, -0.05) is 0 Å². The molecule has 1 saturated heterocycles. The minimum atomic E-state index is -0.607. The van der Waals surface area contributed by atoms with Crippen LogP contribution in [0.3, 0.4) is 0 Å². The van der Waals surface area contributed by atoms with Gasteiger partial charge in [-0.15, -0.1) is 0 Å². The fourth-order valence-corrected chi connectivity index (χ4v) is 5.49. The Morgan fingerprint density at radius 1 is 1.75 bits per heavy atom. The molecular formula is C10H16IN. The van der Waals surface area contributed by atoms with Crippen molar-refractivity contribution in [3.05, 3.63) is 22.4 Å². The molecule has 2 heterocycles. The minimum absolute atomic E-state index is 0.607. The second-order valence-corrected chi connectivity index (χ2v) is 8.68. The molecule has 2 aliphatic heterocycles. The van der Waals surface area contributed by atoms with Crippen LogP contribution in [0.25, 0.3) is 0 Å². The van der Waals surface area contributed by atoms with Crippen LogP contribution in [-0.2, 0) is 0 Å². The van der Waals surface area contributed by atoms with Crippen molar-refractivity contribution in [3.63, 3.8) is 0 Å². The van der Waals surface area contributed by atoms with E-state index in [9.17, 15) is 0 Å². The first-order chi connectivity index (χ1) is 5.77. The van der Waals surface area contributed by atoms with Crippen LogP contribution in [0, 0.1) is 0 Å². The molecule has 0 radical (unpaired) electrons. The van der Waals surface area contributed by atoms with Crippen molar-refractivity contribution >= 4 is 19.8 Å². The van der Waals surface area contributed by atoms with Crippen molar-refractivity contribution in [3.8, 4) is 0 Å². The third kappa shape index (κ3) is 1.53. The monoisotopic (exact) mass is 277 g/mol. The van der Waals surface area contributed by atoms with Gasteiger partial charge in [-0.25, -0.2) is 0 Å². The molecule has 2 aliphatic rings. The van der Waals surface area contributed by atoms with Gasteiger partial charge in [0.1, 0.15) is 0 Å². The van der Waals surface area contributed by atoms with Crippen LogP contribution >= 0.6 is 19.8 Å². The standard InChI is InChI=1S/C10H16IN/c1-9-4-5-10(2)12(9)8-11-6-3-7-11/h3,6,10H,1,4-5,7-8H2,2H3/t10-/m1/s1. The first-order valence-electron chi connectivity index (χ1n) is 4.49. The zero-order chi connectivity index (χ0) is 8.55.